The minimum Gasteiger partial charge on any atom is -0.465 e. The van der Waals surface area contributed by atoms with Gasteiger partial charge in [0.05, 0.1) is 25.4 Å². The number of hydrogen-bond donors (Lipinski definition) is 1. The molecule has 3 heterocycles. The molecule has 0 spiro atoms. The number of likely N-dealkylation sites (tertiary alicyclic amines) is 1. The smallest absolute Gasteiger partial charge is 0.118 e. The van der Waals surface area contributed by atoms with Gasteiger partial charge in [0, 0.05) is 38.1 Å². The molecule has 5 heteroatoms. The molecule has 2 aliphatic heterocycles. The van der Waals surface area contributed by atoms with Gasteiger partial charge < -0.3 is 14.3 Å². The highest BCUT2D eigenvalue weighted by Gasteiger charge is 2.48. The number of hydrogen-bond acceptors (Lipinski definition) is 5. The van der Waals surface area contributed by atoms with Crippen molar-refractivity contribution in [3.63, 3.8) is 0 Å². The minimum atomic E-state index is -0.639. The van der Waals surface area contributed by atoms with Gasteiger partial charge in [0.2, 0.25) is 0 Å². The maximum absolute atomic E-state index is 11.3. The monoisotopic (exact) mass is 322 g/mol. The Kier molecular flexibility index (Phi) is 4.83. The van der Waals surface area contributed by atoms with E-state index in [0.717, 1.165) is 70.4 Å². The summed E-state index contributed by atoms with van der Waals surface area (Å²) in [5.74, 6) is 1.97. The van der Waals surface area contributed by atoms with Crippen LogP contribution in [0.15, 0.2) is 16.5 Å². The summed E-state index contributed by atoms with van der Waals surface area (Å²) >= 11 is 0. The van der Waals surface area contributed by atoms with Gasteiger partial charge in [-0.15, -0.1) is 0 Å². The summed E-state index contributed by atoms with van der Waals surface area (Å²) in [7, 11) is 0. The van der Waals surface area contributed by atoms with Gasteiger partial charge in [0.1, 0.15) is 11.5 Å². The van der Waals surface area contributed by atoms with Crippen LogP contribution in [0.25, 0.3) is 0 Å². The summed E-state index contributed by atoms with van der Waals surface area (Å²) in [5, 5.41) is 11.3. The number of β-amino-alcohol motifs (C(OH)–C–C–N with tert-alkyl or cyclic N) is 1. The van der Waals surface area contributed by atoms with Crippen LogP contribution in [-0.4, -0.2) is 66.4 Å². The standard InChI is InChI=1S/C18H30N2O3/c1-15-4-5-16(23-15)12-20-7-6-18(21,17(2,3)13-20)14-19-8-10-22-11-9-19/h4-5,21H,6-14H2,1-3H3/t18-/m1/s1. The second kappa shape index (κ2) is 6.55. The van der Waals surface area contributed by atoms with Crippen LogP contribution in [0.2, 0.25) is 0 Å². The fourth-order valence-electron chi connectivity index (χ4n) is 3.81. The van der Waals surface area contributed by atoms with Crippen LogP contribution in [0.5, 0.6) is 0 Å². The zero-order chi connectivity index (χ0) is 16.5. The Labute approximate surface area is 139 Å². The van der Waals surface area contributed by atoms with Gasteiger partial charge in [-0.2, -0.15) is 0 Å². The van der Waals surface area contributed by atoms with E-state index in [9.17, 15) is 5.11 Å². The highest BCUT2D eigenvalue weighted by Crippen LogP contribution is 2.39. The molecule has 2 fully saturated rings. The Morgan fingerprint density at radius 2 is 1.87 bits per heavy atom. The molecule has 0 aliphatic carbocycles. The highest BCUT2D eigenvalue weighted by molar-refractivity contribution is 5.07. The van der Waals surface area contributed by atoms with E-state index < -0.39 is 5.60 Å². The molecule has 23 heavy (non-hydrogen) atoms. The molecule has 1 aromatic heterocycles. The third-order valence-corrected chi connectivity index (χ3v) is 5.48. The van der Waals surface area contributed by atoms with Gasteiger partial charge in [-0.05, 0) is 25.5 Å². The summed E-state index contributed by atoms with van der Waals surface area (Å²) < 4.78 is 11.1. The molecule has 1 N–H and O–H groups in total. The Balaban J connectivity index is 1.61. The lowest BCUT2D eigenvalue weighted by Gasteiger charge is -2.52. The molecule has 0 saturated carbocycles. The molecule has 0 radical (unpaired) electrons. The lowest BCUT2D eigenvalue weighted by molar-refractivity contribution is -0.141. The second-order valence-corrected chi connectivity index (χ2v) is 7.78. The van der Waals surface area contributed by atoms with E-state index in [0.29, 0.717) is 0 Å². The van der Waals surface area contributed by atoms with E-state index >= 15 is 0 Å². The van der Waals surface area contributed by atoms with E-state index in [1.54, 1.807) is 0 Å². The summed E-state index contributed by atoms with van der Waals surface area (Å²) in [6.07, 6.45) is 0.803. The van der Waals surface area contributed by atoms with Gasteiger partial charge in [-0.3, -0.25) is 9.80 Å². The average molecular weight is 322 g/mol. The van der Waals surface area contributed by atoms with E-state index in [2.05, 4.69) is 29.7 Å². The first-order chi connectivity index (χ1) is 10.9. The van der Waals surface area contributed by atoms with E-state index in [1.807, 2.05) is 13.0 Å². The number of nitrogens with zero attached hydrogens (tertiary/aromatic N) is 2. The first-order valence-electron chi connectivity index (χ1n) is 8.68. The van der Waals surface area contributed by atoms with Crippen LogP contribution < -0.4 is 0 Å². The highest BCUT2D eigenvalue weighted by atomic mass is 16.5. The summed E-state index contributed by atoms with van der Waals surface area (Å²) in [5.41, 5.74) is -0.787. The molecule has 130 valence electrons. The molecule has 2 saturated heterocycles. The van der Waals surface area contributed by atoms with Crippen molar-refractivity contribution in [1.29, 1.82) is 0 Å². The molecule has 0 aromatic carbocycles. The van der Waals surface area contributed by atoms with Gasteiger partial charge in [-0.1, -0.05) is 13.8 Å². The van der Waals surface area contributed by atoms with Gasteiger partial charge in [0.15, 0.2) is 0 Å². The van der Waals surface area contributed by atoms with Crippen molar-refractivity contribution in [2.45, 2.75) is 39.3 Å². The molecule has 1 aromatic rings. The number of rotatable bonds is 4. The molecule has 1 atom stereocenters. The first-order valence-corrected chi connectivity index (χ1v) is 8.68. The van der Waals surface area contributed by atoms with Crippen LogP contribution in [0.3, 0.4) is 0 Å². The van der Waals surface area contributed by atoms with E-state index in [-0.39, 0.29) is 5.41 Å². The van der Waals surface area contributed by atoms with Crippen molar-refractivity contribution in [3.05, 3.63) is 23.7 Å². The molecular weight excluding hydrogens is 292 g/mol. The number of aryl methyl sites for hydroxylation is 1. The Morgan fingerprint density at radius 1 is 1.13 bits per heavy atom. The fourth-order valence-corrected chi connectivity index (χ4v) is 3.81. The second-order valence-electron chi connectivity index (χ2n) is 7.78. The maximum Gasteiger partial charge on any atom is 0.118 e. The molecule has 0 bridgehead atoms. The van der Waals surface area contributed by atoms with Crippen LogP contribution in [-0.2, 0) is 11.3 Å². The molecule has 0 unspecified atom stereocenters. The molecular formula is C18H30N2O3. The maximum atomic E-state index is 11.3. The van der Waals surface area contributed by atoms with Crippen LogP contribution >= 0.6 is 0 Å². The lowest BCUT2D eigenvalue weighted by Crippen LogP contribution is -2.62. The van der Waals surface area contributed by atoms with E-state index in [4.69, 9.17) is 9.15 Å². The topological polar surface area (TPSA) is 49.1 Å². The van der Waals surface area contributed by atoms with Crippen LogP contribution in [0.4, 0.5) is 0 Å². The van der Waals surface area contributed by atoms with Crippen LogP contribution in [0.1, 0.15) is 31.8 Å². The SMILES string of the molecule is Cc1ccc(CN2CC[C@@](O)(CN3CCOCC3)C(C)(C)C2)o1. The third-order valence-electron chi connectivity index (χ3n) is 5.48. The third kappa shape index (κ3) is 3.79. The normalized spacial score (nSPS) is 29.7. The fraction of sp³-hybridized carbons (Fsp3) is 0.778. The quantitative estimate of drug-likeness (QED) is 0.917. The minimum absolute atomic E-state index is 0.148. The van der Waals surface area contributed by atoms with Gasteiger partial charge in [-0.25, -0.2) is 0 Å². The Hall–Kier alpha value is -0.880. The van der Waals surface area contributed by atoms with Crippen molar-refractivity contribution in [2.24, 2.45) is 5.41 Å². The van der Waals surface area contributed by atoms with Crippen molar-refractivity contribution in [2.75, 3.05) is 45.9 Å². The van der Waals surface area contributed by atoms with Crippen molar-refractivity contribution >= 4 is 0 Å². The number of ether oxygens (including phenoxy) is 1. The summed E-state index contributed by atoms with van der Waals surface area (Å²) in [6.45, 7) is 13.1. The van der Waals surface area contributed by atoms with Gasteiger partial charge >= 0.3 is 0 Å². The van der Waals surface area contributed by atoms with Crippen molar-refractivity contribution < 1.29 is 14.3 Å². The number of piperidine rings is 1. The Bertz CT molecular complexity index is 522. The summed E-state index contributed by atoms with van der Waals surface area (Å²) in [6, 6.07) is 4.07. The van der Waals surface area contributed by atoms with Crippen molar-refractivity contribution in [1.82, 2.24) is 9.80 Å². The number of aliphatic hydroxyl groups is 1. The Morgan fingerprint density at radius 3 is 2.48 bits per heavy atom. The molecule has 3 rings (SSSR count). The number of furan rings is 1. The predicted octanol–water partition coefficient (Wildman–Crippen LogP) is 1.88. The number of morpholine rings is 1. The molecule has 5 nitrogen and oxygen atoms in total. The molecule has 0 amide bonds. The first kappa shape index (κ1) is 17.0. The van der Waals surface area contributed by atoms with E-state index in [1.165, 1.54) is 0 Å². The summed E-state index contributed by atoms with van der Waals surface area (Å²) in [4.78, 5) is 4.74. The van der Waals surface area contributed by atoms with Crippen molar-refractivity contribution in [3.8, 4) is 0 Å². The molecule has 2 aliphatic rings. The lowest BCUT2D eigenvalue weighted by atomic mass is 9.69. The predicted molar refractivity (Wildman–Crippen MR) is 89.3 cm³/mol. The zero-order valence-electron chi connectivity index (χ0n) is 14.7. The zero-order valence-corrected chi connectivity index (χ0v) is 14.7. The van der Waals surface area contributed by atoms with Crippen LogP contribution in [0, 0.1) is 12.3 Å². The average Bonchev–Trinajstić information content (AvgIpc) is 2.89. The van der Waals surface area contributed by atoms with Gasteiger partial charge in [0.25, 0.3) is 0 Å². The largest absolute Gasteiger partial charge is 0.465 e.